The molecule has 2 aromatic rings. The van der Waals surface area contributed by atoms with Gasteiger partial charge < -0.3 is 10.2 Å². The summed E-state index contributed by atoms with van der Waals surface area (Å²) in [5.41, 5.74) is 2.88. The van der Waals surface area contributed by atoms with Crippen LogP contribution in [0.3, 0.4) is 0 Å². The fourth-order valence-electron chi connectivity index (χ4n) is 2.97. The van der Waals surface area contributed by atoms with Crippen LogP contribution >= 0.6 is 23.4 Å². The molecule has 1 atom stereocenters. The van der Waals surface area contributed by atoms with Gasteiger partial charge in [0, 0.05) is 22.9 Å². The number of thioether (sulfide) groups is 1. The third-order valence-electron chi connectivity index (χ3n) is 4.71. The van der Waals surface area contributed by atoms with Gasteiger partial charge in [-0.3, -0.25) is 9.59 Å². The van der Waals surface area contributed by atoms with Gasteiger partial charge in [-0.1, -0.05) is 54.1 Å². The summed E-state index contributed by atoms with van der Waals surface area (Å²) in [6, 6.07) is 15.0. The second kappa shape index (κ2) is 10.9. The molecular weight excluding hydrogens is 416 g/mol. The van der Waals surface area contributed by atoms with E-state index in [0.29, 0.717) is 17.3 Å². The highest BCUT2D eigenvalue weighted by molar-refractivity contribution is 7.99. The lowest BCUT2D eigenvalue weighted by Gasteiger charge is -2.31. The molecule has 0 bridgehead atoms. The van der Waals surface area contributed by atoms with Crippen molar-refractivity contribution in [2.45, 2.75) is 58.5 Å². The van der Waals surface area contributed by atoms with E-state index in [2.05, 4.69) is 24.4 Å². The lowest BCUT2D eigenvalue weighted by Crippen LogP contribution is -2.52. The Hall–Kier alpha value is -1.98. The van der Waals surface area contributed by atoms with Crippen LogP contribution in [0.2, 0.25) is 5.02 Å². The molecule has 0 radical (unpaired) electrons. The van der Waals surface area contributed by atoms with E-state index in [9.17, 15) is 9.59 Å². The van der Waals surface area contributed by atoms with E-state index in [-0.39, 0.29) is 17.4 Å². The fraction of sp³-hybridized carbons (Fsp3) is 0.417. The van der Waals surface area contributed by atoms with Crippen LogP contribution in [0.15, 0.2) is 48.5 Å². The van der Waals surface area contributed by atoms with Crippen LogP contribution in [0, 0.1) is 6.92 Å². The molecule has 6 heteroatoms. The summed E-state index contributed by atoms with van der Waals surface area (Å²) < 4.78 is 0. The van der Waals surface area contributed by atoms with E-state index in [4.69, 9.17) is 11.6 Å². The Morgan fingerprint density at radius 3 is 2.27 bits per heavy atom. The molecule has 2 aromatic carbocycles. The number of carbonyl (C=O) groups is 2. The third-order valence-corrected chi connectivity index (χ3v) is 6.04. The quantitative estimate of drug-likeness (QED) is 0.605. The number of aryl methyl sites for hydroxylation is 1. The third kappa shape index (κ3) is 7.37. The van der Waals surface area contributed by atoms with Gasteiger partial charge in [0.2, 0.25) is 11.8 Å². The van der Waals surface area contributed by atoms with Crippen molar-refractivity contribution < 1.29 is 9.59 Å². The molecule has 30 heavy (non-hydrogen) atoms. The number of nitrogens with one attached hydrogen (secondary N) is 1. The fourth-order valence-corrected chi connectivity index (χ4v) is 4.15. The zero-order valence-electron chi connectivity index (χ0n) is 18.4. The van der Waals surface area contributed by atoms with Crippen molar-refractivity contribution in [1.82, 2.24) is 10.2 Å². The van der Waals surface area contributed by atoms with Gasteiger partial charge in [0.25, 0.3) is 0 Å². The lowest BCUT2D eigenvalue weighted by atomic mass is 10.1. The first kappa shape index (κ1) is 24.3. The van der Waals surface area contributed by atoms with Gasteiger partial charge in [-0.05, 0) is 57.4 Å². The first-order valence-electron chi connectivity index (χ1n) is 10.1. The normalized spacial score (nSPS) is 12.3. The molecule has 0 fully saturated rings. The number of benzene rings is 2. The summed E-state index contributed by atoms with van der Waals surface area (Å²) >= 11 is 7.88. The molecule has 162 valence electrons. The zero-order chi connectivity index (χ0) is 22.3. The van der Waals surface area contributed by atoms with E-state index < -0.39 is 6.04 Å². The molecule has 0 aliphatic carbocycles. The van der Waals surface area contributed by atoms with Crippen LogP contribution in [0.1, 0.15) is 44.4 Å². The minimum atomic E-state index is -0.605. The summed E-state index contributed by atoms with van der Waals surface area (Å²) in [5, 5.41) is 3.56. The van der Waals surface area contributed by atoms with Crippen LogP contribution < -0.4 is 5.32 Å². The SMILES string of the molecule is Cc1ccccc1CSCC(=O)N(Cc1ccccc1Cl)[C@H](C)C(=O)NC(C)(C)C. The van der Waals surface area contributed by atoms with Gasteiger partial charge in [0.05, 0.1) is 5.75 Å². The largest absolute Gasteiger partial charge is 0.350 e. The maximum Gasteiger partial charge on any atom is 0.242 e. The van der Waals surface area contributed by atoms with Crippen LogP contribution in [-0.2, 0) is 21.9 Å². The molecule has 1 N–H and O–H groups in total. The molecular formula is C24H31ClN2O2S. The van der Waals surface area contributed by atoms with E-state index in [0.717, 1.165) is 11.3 Å². The molecule has 0 saturated heterocycles. The van der Waals surface area contributed by atoms with Gasteiger partial charge in [-0.25, -0.2) is 0 Å². The Balaban J connectivity index is 2.13. The summed E-state index contributed by atoms with van der Waals surface area (Å²) in [4.78, 5) is 27.5. The van der Waals surface area contributed by atoms with Crippen molar-refractivity contribution in [3.8, 4) is 0 Å². The Kier molecular flexibility index (Phi) is 8.80. The first-order valence-corrected chi connectivity index (χ1v) is 11.6. The molecule has 0 aliphatic heterocycles. The van der Waals surface area contributed by atoms with E-state index in [1.165, 1.54) is 11.1 Å². The lowest BCUT2D eigenvalue weighted by molar-refractivity contribution is -0.139. The number of hydrogen-bond acceptors (Lipinski definition) is 3. The van der Waals surface area contributed by atoms with Gasteiger partial charge in [0.15, 0.2) is 0 Å². The summed E-state index contributed by atoms with van der Waals surface area (Å²) in [5.74, 6) is 0.796. The van der Waals surface area contributed by atoms with Crippen molar-refractivity contribution in [3.63, 3.8) is 0 Å². The number of amides is 2. The van der Waals surface area contributed by atoms with E-state index in [1.807, 2.05) is 51.1 Å². The monoisotopic (exact) mass is 446 g/mol. The summed E-state index contributed by atoms with van der Waals surface area (Å²) in [6.07, 6.45) is 0. The molecule has 2 amide bonds. The van der Waals surface area contributed by atoms with E-state index >= 15 is 0 Å². The highest BCUT2D eigenvalue weighted by Gasteiger charge is 2.28. The summed E-state index contributed by atoms with van der Waals surface area (Å²) in [7, 11) is 0. The zero-order valence-corrected chi connectivity index (χ0v) is 19.9. The average Bonchev–Trinajstić information content (AvgIpc) is 2.67. The minimum Gasteiger partial charge on any atom is -0.350 e. The second-order valence-corrected chi connectivity index (χ2v) is 9.84. The predicted octanol–water partition coefficient (Wildman–Crippen LogP) is 5.21. The molecule has 0 unspecified atom stereocenters. The molecule has 0 aliphatic rings. The van der Waals surface area contributed by atoms with Crippen LogP contribution in [0.25, 0.3) is 0 Å². The number of hydrogen-bond donors (Lipinski definition) is 1. The van der Waals surface area contributed by atoms with Crippen LogP contribution in [0.5, 0.6) is 0 Å². The highest BCUT2D eigenvalue weighted by Crippen LogP contribution is 2.21. The molecule has 0 aromatic heterocycles. The molecule has 4 nitrogen and oxygen atoms in total. The van der Waals surface area contributed by atoms with Crippen LogP contribution in [0.4, 0.5) is 0 Å². The van der Waals surface area contributed by atoms with Crippen molar-refractivity contribution >= 4 is 35.2 Å². The predicted molar refractivity (Wildman–Crippen MR) is 127 cm³/mol. The van der Waals surface area contributed by atoms with Gasteiger partial charge >= 0.3 is 0 Å². The van der Waals surface area contributed by atoms with Gasteiger partial charge in [0.1, 0.15) is 6.04 Å². The topological polar surface area (TPSA) is 49.4 Å². The molecule has 0 saturated carbocycles. The smallest absolute Gasteiger partial charge is 0.242 e. The number of rotatable bonds is 8. The average molecular weight is 447 g/mol. The Morgan fingerprint density at radius 2 is 1.67 bits per heavy atom. The summed E-state index contributed by atoms with van der Waals surface area (Å²) in [6.45, 7) is 9.91. The Bertz CT molecular complexity index is 880. The van der Waals surface area contributed by atoms with Crippen molar-refractivity contribution in [1.29, 1.82) is 0 Å². The van der Waals surface area contributed by atoms with Crippen molar-refractivity contribution in [3.05, 3.63) is 70.2 Å². The standard InChI is InChI=1S/C24H31ClN2O2S/c1-17-10-6-7-12-20(17)15-30-16-22(28)27(14-19-11-8-9-13-21(19)25)18(2)23(29)26-24(3,4)5/h6-13,18H,14-16H2,1-5H3,(H,26,29)/t18-/m1/s1. The maximum absolute atomic E-state index is 13.1. The first-order chi connectivity index (χ1) is 14.1. The van der Waals surface area contributed by atoms with Gasteiger partial charge in [-0.15, -0.1) is 11.8 Å². The second-order valence-electron chi connectivity index (χ2n) is 8.45. The maximum atomic E-state index is 13.1. The number of carbonyl (C=O) groups excluding carboxylic acids is 2. The van der Waals surface area contributed by atoms with Crippen LogP contribution in [-0.4, -0.2) is 34.0 Å². The molecule has 2 rings (SSSR count). The molecule has 0 spiro atoms. The minimum absolute atomic E-state index is 0.0786. The van der Waals surface area contributed by atoms with Crippen molar-refractivity contribution in [2.24, 2.45) is 0 Å². The highest BCUT2D eigenvalue weighted by atomic mass is 35.5. The number of nitrogens with zero attached hydrogens (tertiary/aromatic N) is 1. The number of halogens is 1. The molecule has 0 heterocycles. The Labute approximate surface area is 189 Å². The van der Waals surface area contributed by atoms with Crippen molar-refractivity contribution in [2.75, 3.05) is 5.75 Å². The van der Waals surface area contributed by atoms with E-state index in [1.54, 1.807) is 29.7 Å². The Morgan fingerprint density at radius 1 is 1.07 bits per heavy atom. The van der Waals surface area contributed by atoms with Gasteiger partial charge in [-0.2, -0.15) is 0 Å².